The first-order valence-electron chi connectivity index (χ1n) is 7.47. The third kappa shape index (κ3) is 3.34. The van der Waals surface area contributed by atoms with Crippen LogP contribution in [-0.2, 0) is 4.74 Å². The monoisotopic (exact) mass is 280 g/mol. The molecule has 0 N–H and O–H groups in total. The summed E-state index contributed by atoms with van der Waals surface area (Å²) in [6, 6.07) is 16.4. The van der Waals surface area contributed by atoms with E-state index in [9.17, 15) is 0 Å². The summed E-state index contributed by atoms with van der Waals surface area (Å²) < 4.78 is 11.5. The highest BCUT2D eigenvalue weighted by Crippen LogP contribution is 2.27. The maximum Gasteiger partial charge on any atom is 0.199 e. The molecule has 0 aromatic heterocycles. The average Bonchev–Trinajstić information content (AvgIpc) is 2.56. The molecule has 2 nitrogen and oxygen atoms in total. The van der Waals surface area contributed by atoms with Crippen LogP contribution in [0, 0.1) is 0 Å². The molecular formula is C19H20O2. The fourth-order valence-corrected chi connectivity index (χ4v) is 2.61. The van der Waals surface area contributed by atoms with Gasteiger partial charge in [-0.2, -0.15) is 0 Å². The van der Waals surface area contributed by atoms with Crippen molar-refractivity contribution in [2.75, 3.05) is 6.61 Å². The number of hydrogen-bond acceptors (Lipinski definition) is 2. The summed E-state index contributed by atoms with van der Waals surface area (Å²) in [7, 11) is 0. The highest BCUT2D eigenvalue weighted by Gasteiger charge is 2.15. The van der Waals surface area contributed by atoms with Gasteiger partial charge < -0.3 is 9.47 Å². The lowest BCUT2D eigenvalue weighted by Gasteiger charge is -2.23. The molecule has 0 spiro atoms. The molecule has 0 bridgehead atoms. The van der Waals surface area contributed by atoms with E-state index in [2.05, 4.69) is 30.8 Å². The zero-order valence-corrected chi connectivity index (χ0v) is 12.1. The molecule has 0 radical (unpaired) electrons. The Labute approximate surface area is 126 Å². The quantitative estimate of drug-likeness (QED) is 0.793. The van der Waals surface area contributed by atoms with Crippen LogP contribution in [0.25, 0.3) is 17.2 Å². The maximum absolute atomic E-state index is 5.86. The van der Waals surface area contributed by atoms with Crippen LogP contribution in [0.5, 0.6) is 5.75 Å². The van der Waals surface area contributed by atoms with E-state index in [1.54, 1.807) is 0 Å². The number of rotatable bonds is 4. The largest absolute Gasteiger partial charge is 0.465 e. The highest BCUT2D eigenvalue weighted by molar-refractivity contribution is 5.74. The Morgan fingerprint density at radius 3 is 2.57 bits per heavy atom. The van der Waals surface area contributed by atoms with Crippen molar-refractivity contribution >= 4 is 6.08 Å². The molecule has 1 heterocycles. The molecule has 2 aromatic rings. The average molecular weight is 280 g/mol. The highest BCUT2D eigenvalue weighted by atomic mass is 16.7. The van der Waals surface area contributed by atoms with Gasteiger partial charge >= 0.3 is 0 Å². The van der Waals surface area contributed by atoms with Crippen molar-refractivity contribution in [1.82, 2.24) is 0 Å². The minimum absolute atomic E-state index is 0.0925. The predicted octanol–water partition coefficient (Wildman–Crippen LogP) is 4.90. The topological polar surface area (TPSA) is 18.5 Å². The normalized spacial score (nSPS) is 18.2. The van der Waals surface area contributed by atoms with E-state index < -0.39 is 0 Å². The van der Waals surface area contributed by atoms with Gasteiger partial charge in [-0.25, -0.2) is 0 Å². The van der Waals surface area contributed by atoms with Crippen molar-refractivity contribution in [3.05, 3.63) is 60.7 Å². The Balaban J connectivity index is 1.75. The van der Waals surface area contributed by atoms with Crippen LogP contribution in [0.2, 0.25) is 0 Å². The second-order valence-corrected chi connectivity index (χ2v) is 5.23. The zero-order chi connectivity index (χ0) is 14.5. The maximum atomic E-state index is 5.86. The smallest absolute Gasteiger partial charge is 0.199 e. The van der Waals surface area contributed by atoms with Gasteiger partial charge in [0.1, 0.15) is 5.75 Å². The Kier molecular flexibility index (Phi) is 4.37. The van der Waals surface area contributed by atoms with Crippen LogP contribution < -0.4 is 4.74 Å². The number of benzene rings is 2. The molecular weight excluding hydrogens is 260 g/mol. The van der Waals surface area contributed by atoms with E-state index in [0.717, 1.165) is 30.8 Å². The molecule has 21 heavy (non-hydrogen) atoms. The first-order chi connectivity index (χ1) is 10.4. The summed E-state index contributed by atoms with van der Waals surface area (Å²) in [6.07, 6.45) is 5.08. The Morgan fingerprint density at radius 1 is 1.05 bits per heavy atom. The van der Waals surface area contributed by atoms with Crippen molar-refractivity contribution in [2.45, 2.75) is 25.6 Å². The first kappa shape index (κ1) is 13.9. The molecule has 1 aliphatic rings. The van der Waals surface area contributed by atoms with Crippen LogP contribution in [-0.4, -0.2) is 12.9 Å². The molecule has 1 saturated heterocycles. The fraction of sp³-hybridized carbons (Fsp3) is 0.263. The van der Waals surface area contributed by atoms with Crippen molar-refractivity contribution in [1.29, 1.82) is 0 Å². The minimum Gasteiger partial charge on any atom is -0.465 e. The molecule has 0 aliphatic carbocycles. The standard InChI is InChI=1S/C19H20O2/c1-2-15-7-3-4-8-18(15)16-10-12-17(13-11-16)21-19-9-5-6-14-20-19/h2-4,7-8,10-13,19H,1,5-6,9,14H2. The molecule has 2 aromatic carbocycles. The van der Waals surface area contributed by atoms with Crippen molar-refractivity contribution < 1.29 is 9.47 Å². The van der Waals surface area contributed by atoms with E-state index >= 15 is 0 Å². The summed E-state index contributed by atoms with van der Waals surface area (Å²) >= 11 is 0. The lowest BCUT2D eigenvalue weighted by Crippen LogP contribution is -2.24. The van der Waals surface area contributed by atoms with Crippen molar-refractivity contribution in [3.8, 4) is 16.9 Å². The molecule has 1 unspecified atom stereocenters. The SMILES string of the molecule is C=Cc1ccccc1-c1ccc(OC2CCCCO2)cc1. The molecule has 0 saturated carbocycles. The van der Waals surface area contributed by atoms with Crippen molar-refractivity contribution in [2.24, 2.45) is 0 Å². The summed E-state index contributed by atoms with van der Waals surface area (Å²) in [4.78, 5) is 0. The van der Waals surface area contributed by atoms with Gasteiger partial charge in [0.2, 0.25) is 0 Å². The lowest BCUT2D eigenvalue weighted by atomic mass is 10.00. The summed E-state index contributed by atoms with van der Waals surface area (Å²) in [6.45, 7) is 4.67. The van der Waals surface area contributed by atoms with E-state index in [1.807, 2.05) is 30.3 Å². The van der Waals surface area contributed by atoms with Crippen molar-refractivity contribution in [3.63, 3.8) is 0 Å². The van der Waals surface area contributed by atoms with E-state index in [-0.39, 0.29) is 6.29 Å². The van der Waals surface area contributed by atoms with Gasteiger partial charge in [0, 0.05) is 6.42 Å². The molecule has 3 rings (SSSR count). The van der Waals surface area contributed by atoms with Crippen LogP contribution >= 0.6 is 0 Å². The van der Waals surface area contributed by atoms with Gasteiger partial charge in [-0.3, -0.25) is 0 Å². The molecule has 0 amide bonds. The molecule has 1 fully saturated rings. The second kappa shape index (κ2) is 6.59. The van der Waals surface area contributed by atoms with Crippen LogP contribution in [0.3, 0.4) is 0 Å². The Hall–Kier alpha value is -2.06. The fourth-order valence-electron chi connectivity index (χ4n) is 2.61. The Morgan fingerprint density at radius 2 is 1.86 bits per heavy atom. The van der Waals surface area contributed by atoms with Gasteiger partial charge in [-0.15, -0.1) is 0 Å². The summed E-state index contributed by atoms with van der Waals surface area (Å²) in [5.41, 5.74) is 3.50. The Bertz CT molecular complexity index is 595. The van der Waals surface area contributed by atoms with Gasteiger partial charge in [-0.05, 0) is 41.7 Å². The van der Waals surface area contributed by atoms with E-state index in [4.69, 9.17) is 9.47 Å². The third-order valence-corrected chi connectivity index (χ3v) is 3.75. The van der Waals surface area contributed by atoms with Gasteiger partial charge in [-0.1, -0.05) is 49.1 Å². The van der Waals surface area contributed by atoms with Crippen LogP contribution in [0.4, 0.5) is 0 Å². The second-order valence-electron chi connectivity index (χ2n) is 5.23. The van der Waals surface area contributed by atoms with Gasteiger partial charge in [0.25, 0.3) is 0 Å². The van der Waals surface area contributed by atoms with Crippen LogP contribution in [0.15, 0.2) is 55.1 Å². The van der Waals surface area contributed by atoms with Gasteiger partial charge in [0.15, 0.2) is 6.29 Å². The van der Waals surface area contributed by atoms with Crippen LogP contribution in [0.1, 0.15) is 24.8 Å². The predicted molar refractivity (Wildman–Crippen MR) is 86.2 cm³/mol. The molecule has 2 heteroatoms. The van der Waals surface area contributed by atoms with E-state index in [1.165, 1.54) is 17.5 Å². The zero-order valence-electron chi connectivity index (χ0n) is 12.1. The number of hydrogen-bond donors (Lipinski definition) is 0. The first-order valence-corrected chi connectivity index (χ1v) is 7.47. The lowest BCUT2D eigenvalue weighted by molar-refractivity contribution is -0.105. The molecule has 108 valence electrons. The third-order valence-electron chi connectivity index (χ3n) is 3.75. The van der Waals surface area contributed by atoms with E-state index in [0.29, 0.717) is 0 Å². The van der Waals surface area contributed by atoms with Gasteiger partial charge in [0.05, 0.1) is 6.61 Å². The minimum atomic E-state index is -0.0925. The summed E-state index contributed by atoms with van der Waals surface area (Å²) in [5.74, 6) is 0.863. The number of ether oxygens (including phenoxy) is 2. The summed E-state index contributed by atoms with van der Waals surface area (Å²) in [5, 5.41) is 0. The molecule has 1 atom stereocenters. The molecule has 1 aliphatic heterocycles.